The first-order chi connectivity index (χ1) is 12.9. The highest BCUT2D eigenvalue weighted by Gasteiger charge is 2.18. The summed E-state index contributed by atoms with van der Waals surface area (Å²) in [7, 11) is 0. The molecule has 1 heterocycles. The number of nitrogen functional groups attached to an aromatic ring is 1. The molecule has 27 heavy (non-hydrogen) atoms. The van der Waals surface area contributed by atoms with E-state index < -0.39 is 5.25 Å². The molecule has 1 aromatic heterocycles. The summed E-state index contributed by atoms with van der Waals surface area (Å²) < 4.78 is 1.43. The molecule has 1 atom stereocenters. The number of imidazole rings is 1. The number of Topliss-reactive ketones (excluding diaryl/α,β-unsaturated/α-hetero) is 1. The van der Waals surface area contributed by atoms with Crippen molar-refractivity contribution in [2.75, 3.05) is 11.2 Å². The quantitative estimate of drug-likeness (QED) is 0.387. The van der Waals surface area contributed by atoms with E-state index in [-0.39, 0.29) is 11.7 Å². The summed E-state index contributed by atoms with van der Waals surface area (Å²) in [6, 6.07) is 16.5. The molecule has 0 unspecified atom stereocenters. The van der Waals surface area contributed by atoms with Crippen molar-refractivity contribution in [2.24, 2.45) is 0 Å². The van der Waals surface area contributed by atoms with Crippen molar-refractivity contribution >= 4 is 29.1 Å². The number of anilines is 1. The highest BCUT2D eigenvalue weighted by Crippen LogP contribution is 2.26. The van der Waals surface area contributed by atoms with E-state index in [0.29, 0.717) is 16.4 Å². The van der Waals surface area contributed by atoms with Crippen LogP contribution in [0.25, 0.3) is 11.3 Å². The van der Waals surface area contributed by atoms with Gasteiger partial charge in [-0.25, -0.2) is 9.66 Å². The van der Waals surface area contributed by atoms with Crippen LogP contribution in [0.1, 0.15) is 24.2 Å². The maximum absolute atomic E-state index is 12.4. The number of hydrogen-bond donors (Lipinski definition) is 2. The number of carbonyl (C=O) groups excluding carboxylic acids is 2. The minimum atomic E-state index is -0.397. The van der Waals surface area contributed by atoms with E-state index in [2.05, 4.69) is 10.3 Å². The third-order valence-electron chi connectivity index (χ3n) is 3.98. The van der Waals surface area contributed by atoms with Gasteiger partial charge in [-0.3, -0.25) is 9.59 Å². The molecule has 0 saturated heterocycles. The number of carbonyl (C=O) groups is 2. The topological polar surface area (TPSA) is 90.0 Å². The van der Waals surface area contributed by atoms with Crippen molar-refractivity contribution in [3.05, 3.63) is 66.4 Å². The Bertz CT molecular complexity index is 952. The van der Waals surface area contributed by atoms with Crippen LogP contribution in [0.2, 0.25) is 0 Å². The summed E-state index contributed by atoms with van der Waals surface area (Å²) in [6.45, 7) is 3.30. The maximum atomic E-state index is 12.4. The number of ketones is 1. The zero-order chi connectivity index (χ0) is 19.4. The van der Waals surface area contributed by atoms with E-state index in [9.17, 15) is 9.59 Å². The van der Waals surface area contributed by atoms with Crippen LogP contribution in [0.3, 0.4) is 0 Å². The molecule has 6 nitrogen and oxygen atoms in total. The van der Waals surface area contributed by atoms with Crippen molar-refractivity contribution in [2.45, 2.75) is 24.3 Å². The first kappa shape index (κ1) is 18.7. The summed E-state index contributed by atoms with van der Waals surface area (Å²) in [5.41, 5.74) is 2.96. The van der Waals surface area contributed by atoms with Gasteiger partial charge in [0.1, 0.15) is 0 Å². The fourth-order valence-electron chi connectivity index (χ4n) is 2.46. The van der Waals surface area contributed by atoms with Crippen LogP contribution in [0.15, 0.2) is 66.0 Å². The largest absolute Gasteiger partial charge is 0.337 e. The summed E-state index contributed by atoms with van der Waals surface area (Å²) in [6.07, 6.45) is 1.74. The predicted molar refractivity (Wildman–Crippen MR) is 108 cm³/mol. The highest BCUT2D eigenvalue weighted by atomic mass is 32.2. The van der Waals surface area contributed by atoms with Crippen molar-refractivity contribution in [3.8, 4) is 11.3 Å². The summed E-state index contributed by atoms with van der Waals surface area (Å²) in [5, 5.41) is 3.00. The minimum Gasteiger partial charge on any atom is -0.337 e. The molecule has 0 aliphatic carbocycles. The van der Waals surface area contributed by atoms with Gasteiger partial charge in [-0.05, 0) is 38.1 Å². The maximum Gasteiger partial charge on any atom is 0.237 e. The lowest BCUT2D eigenvalue weighted by atomic mass is 10.1. The molecule has 3 aromatic rings. The molecule has 0 spiro atoms. The molecule has 3 N–H and O–H groups in total. The number of thioether (sulfide) groups is 1. The first-order valence-corrected chi connectivity index (χ1v) is 9.30. The van der Waals surface area contributed by atoms with Gasteiger partial charge >= 0.3 is 0 Å². The van der Waals surface area contributed by atoms with Crippen molar-refractivity contribution in [3.63, 3.8) is 0 Å². The molecule has 2 aromatic carbocycles. The molecule has 1 amide bonds. The number of rotatable bonds is 6. The number of nitrogens with zero attached hydrogens (tertiary/aromatic N) is 2. The van der Waals surface area contributed by atoms with Crippen LogP contribution in [0.5, 0.6) is 0 Å². The zero-order valence-electron chi connectivity index (χ0n) is 15.0. The number of benzene rings is 2. The van der Waals surface area contributed by atoms with Crippen LogP contribution in [0.4, 0.5) is 5.69 Å². The SMILES string of the molecule is CC(=O)c1ccc(NC(=O)[C@H](C)Sc2nc(-c3ccccc3)cn2N)cc1. The molecule has 0 saturated carbocycles. The van der Waals surface area contributed by atoms with Gasteiger partial charge in [-0.2, -0.15) is 0 Å². The van der Waals surface area contributed by atoms with Gasteiger partial charge in [0.15, 0.2) is 10.9 Å². The minimum absolute atomic E-state index is 0.0131. The monoisotopic (exact) mass is 380 g/mol. The van der Waals surface area contributed by atoms with Gasteiger partial charge in [-0.1, -0.05) is 42.1 Å². The molecule has 3 rings (SSSR count). The Labute approximate surface area is 161 Å². The lowest BCUT2D eigenvalue weighted by Gasteiger charge is -2.11. The lowest BCUT2D eigenvalue weighted by molar-refractivity contribution is -0.115. The van der Waals surface area contributed by atoms with Crippen molar-refractivity contribution < 1.29 is 9.59 Å². The van der Waals surface area contributed by atoms with E-state index in [1.54, 1.807) is 37.4 Å². The summed E-state index contributed by atoms with van der Waals surface area (Å²) in [5.74, 6) is 5.81. The van der Waals surface area contributed by atoms with E-state index in [1.807, 2.05) is 30.3 Å². The molecule has 138 valence electrons. The molecular weight excluding hydrogens is 360 g/mol. The number of amides is 1. The van der Waals surface area contributed by atoms with Crippen LogP contribution in [-0.2, 0) is 4.79 Å². The second-order valence-corrected chi connectivity index (χ2v) is 7.37. The van der Waals surface area contributed by atoms with Gasteiger partial charge in [-0.15, -0.1) is 0 Å². The van der Waals surface area contributed by atoms with Gasteiger partial charge in [0, 0.05) is 16.8 Å². The Balaban J connectivity index is 1.66. The number of nitrogens with one attached hydrogen (secondary N) is 1. The average Bonchev–Trinajstić information content (AvgIpc) is 3.03. The standard InChI is InChI=1S/C20H20N4O2S/c1-13(25)15-8-10-17(11-9-15)22-19(26)14(2)27-20-23-18(12-24(20)21)16-6-4-3-5-7-16/h3-12,14H,21H2,1-2H3,(H,22,26)/t14-/m0/s1. The Hall–Kier alpha value is -3.06. The molecule has 7 heteroatoms. The van der Waals surface area contributed by atoms with Gasteiger partial charge < -0.3 is 11.2 Å². The fraction of sp³-hybridized carbons (Fsp3) is 0.150. The Kier molecular flexibility index (Phi) is 5.61. The summed E-state index contributed by atoms with van der Waals surface area (Å²) >= 11 is 1.28. The molecular formula is C20H20N4O2S. The van der Waals surface area contributed by atoms with Crippen LogP contribution in [-0.4, -0.2) is 26.6 Å². The third kappa shape index (κ3) is 4.57. The van der Waals surface area contributed by atoms with Gasteiger partial charge in [0.25, 0.3) is 0 Å². The van der Waals surface area contributed by atoms with Gasteiger partial charge in [0.2, 0.25) is 5.91 Å². The second kappa shape index (κ2) is 8.09. The van der Waals surface area contributed by atoms with E-state index >= 15 is 0 Å². The Morgan fingerprint density at radius 1 is 1.11 bits per heavy atom. The first-order valence-electron chi connectivity index (χ1n) is 8.42. The van der Waals surface area contributed by atoms with Gasteiger partial charge in [0.05, 0.1) is 17.1 Å². The lowest BCUT2D eigenvalue weighted by Crippen LogP contribution is -2.23. The molecule has 0 aliphatic rings. The predicted octanol–water partition coefficient (Wildman–Crippen LogP) is 3.59. The zero-order valence-corrected chi connectivity index (χ0v) is 15.9. The normalized spacial score (nSPS) is 11.8. The number of aromatic nitrogens is 2. The smallest absolute Gasteiger partial charge is 0.237 e. The van der Waals surface area contributed by atoms with Crippen molar-refractivity contribution in [1.29, 1.82) is 0 Å². The molecule has 0 radical (unpaired) electrons. The van der Waals surface area contributed by atoms with Crippen LogP contribution < -0.4 is 11.2 Å². The van der Waals surface area contributed by atoms with E-state index in [0.717, 1.165) is 11.3 Å². The number of hydrogen-bond acceptors (Lipinski definition) is 5. The molecule has 0 fully saturated rings. The molecule has 0 bridgehead atoms. The van der Waals surface area contributed by atoms with E-state index in [1.165, 1.54) is 23.4 Å². The Morgan fingerprint density at radius 3 is 2.41 bits per heavy atom. The third-order valence-corrected chi connectivity index (χ3v) is 5.06. The average molecular weight is 380 g/mol. The van der Waals surface area contributed by atoms with Crippen LogP contribution in [0, 0.1) is 0 Å². The van der Waals surface area contributed by atoms with E-state index in [4.69, 9.17) is 5.84 Å². The number of nitrogens with two attached hydrogens (primary N) is 1. The molecule has 0 aliphatic heterocycles. The highest BCUT2D eigenvalue weighted by molar-refractivity contribution is 8.00. The van der Waals surface area contributed by atoms with Crippen molar-refractivity contribution in [1.82, 2.24) is 9.66 Å². The Morgan fingerprint density at radius 2 is 1.78 bits per heavy atom. The second-order valence-electron chi connectivity index (χ2n) is 6.06. The van der Waals surface area contributed by atoms with Crippen LogP contribution >= 0.6 is 11.8 Å². The fourth-order valence-corrected chi connectivity index (χ4v) is 3.26. The summed E-state index contributed by atoms with van der Waals surface area (Å²) in [4.78, 5) is 28.3.